The highest BCUT2D eigenvalue weighted by Crippen LogP contribution is 2.00. The molecule has 0 aromatic carbocycles. The van der Waals surface area contributed by atoms with Gasteiger partial charge in [0, 0.05) is 32.0 Å². The lowest BCUT2D eigenvalue weighted by atomic mass is 10.2. The number of hydrogen-bond acceptors (Lipinski definition) is 3. The molecule has 78 valence electrons. The molecule has 0 amide bonds. The Morgan fingerprint density at radius 2 is 1.71 bits per heavy atom. The van der Waals surface area contributed by atoms with Crippen molar-refractivity contribution < 1.29 is 0 Å². The lowest BCUT2D eigenvalue weighted by Crippen LogP contribution is -2.28. The third kappa shape index (κ3) is 4.35. The standard InChI is InChI=1S/C11H19N3/c1-13(2)8-9-14(3)10-11-4-6-12-7-5-11/h4-7H,8-10H2,1-3H3. The van der Waals surface area contributed by atoms with Crippen molar-refractivity contribution in [3.8, 4) is 0 Å². The number of aromatic nitrogens is 1. The monoisotopic (exact) mass is 193 g/mol. The molecule has 1 aromatic rings. The molecule has 0 unspecified atom stereocenters. The van der Waals surface area contributed by atoms with E-state index in [1.165, 1.54) is 5.56 Å². The molecule has 1 aromatic heterocycles. The first-order valence-electron chi connectivity index (χ1n) is 4.90. The van der Waals surface area contributed by atoms with Gasteiger partial charge in [0.25, 0.3) is 0 Å². The lowest BCUT2D eigenvalue weighted by molar-refractivity contribution is 0.276. The van der Waals surface area contributed by atoms with Crippen LogP contribution < -0.4 is 0 Å². The Labute approximate surface area is 86.4 Å². The third-order valence-electron chi connectivity index (χ3n) is 2.13. The molecule has 1 rings (SSSR count). The number of likely N-dealkylation sites (N-methyl/N-ethyl adjacent to an activating group) is 2. The predicted molar refractivity (Wildman–Crippen MR) is 59.1 cm³/mol. The van der Waals surface area contributed by atoms with Crippen LogP contribution in [0, 0.1) is 0 Å². The van der Waals surface area contributed by atoms with Crippen LogP contribution >= 0.6 is 0 Å². The van der Waals surface area contributed by atoms with Crippen molar-refractivity contribution >= 4 is 0 Å². The van der Waals surface area contributed by atoms with Gasteiger partial charge in [-0.2, -0.15) is 0 Å². The minimum atomic E-state index is 0.996. The van der Waals surface area contributed by atoms with Gasteiger partial charge >= 0.3 is 0 Å². The number of pyridine rings is 1. The van der Waals surface area contributed by atoms with Crippen LogP contribution in [0.4, 0.5) is 0 Å². The Hall–Kier alpha value is -0.930. The summed E-state index contributed by atoms with van der Waals surface area (Å²) in [4.78, 5) is 8.51. The zero-order chi connectivity index (χ0) is 10.4. The molecule has 14 heavy (non-hydrogen) atoms. The smallest absolute Gasteiger partial charge is 0.0271 e. The molecule has 0 aliphatic heterocycles. The summed E-state index contributed by atoms with van der Waals surface area (Å²) in [6, 6.07) is 4.12. The fourth-order valence-electron chi connectivity index (χ4n) is 1.25. The Morgan fingerprint density at radius 3 is 2.29 bits per heavy atom. The lowest BCUT2D eigenvalue weighted by Gasteiger charge is -2.19. The maximum atomic E-state index is 4.00. The van der Waals surface area contributed by atoms with Crippen LogP contribution in [0.1, 0.15) is 5.56 Å². The summed E-state index contributed by atoms with van der Waals surface area (Å²) in [6.07, 6.45) is 3.68. The molecule has 0 atom stereocenters. The summed E-state index contributed by atoms with van der Waals surface area (Å²) in [6.45, 7) is 3.19. The molecule has 3 heteroatoms. The molecular weight excluding hydrogens is 174 g/mol. The van der Waals surface area contributed by atoms with Gasteiger partial charge in [0.2, 0.25) is 0 Å². The maximum absolute atomic E-state index is 4.00. The highest BCUT2D eigenvalue weighted by molar-refractivity contribution is 5.09. The SMILES string of the molecule is CN(C)CCN(C)Cc1ccncc1. The molecule has 0 aliphatic rings. The van der Waals surface area contributed by atoms with E-state index >= 15 is 0 Å². The van der Waals surface area contributed by atoms with E-state index in [0.717, 1.165) is 19.6 Å². The van der Waals surface area contributed by atoms with Crippen LogP contribution in [-0.2, 0) is 6.54 Å². The quantitative estimate of drug-likeness (QED) is 0.697. The van der Waals surface area contributed by atoms with Gasteiger partial charge in [0.15, 0.2) is 0 Å². The average Bonchev–Trinajstić information content (AvgIpc) is 2.16. The van der Waals surface area contributed by atoms with Crippen LogP contribution in [0.5, 0.6) is 0 Å². The van der Waals surface area contributed by atoms with Crippen molar-refractivity contribution in [3.63, 3.8) is 0 Å². The summed E-state index contributed by atoms with van der Waals surface area (Å²) < 4.78 is 0. The van der Waals surface area contributed by atoms with E-state index in [0.29, 0.717) is 0 Å². The van der Waals surface area contributed by atoms with Crippen LogP contribution in [0.15, 0.2) is 24.5 Å². The van der Waals surface area contributed by atoms with Gasteiger partial charge in [0.1, 0.15) is 0 Å². The van der Waals surface area contributed by atoms with E-state index in [-0.39, 0.29) is 0 Å². The maximum Gasteiger partial charge on any atom is 0.0271 e. The first kappa shape index (κ1) is 11.1. The molecule has 3 nitrogen and oxygen atoms in total. The highest BCUT2D eigenvalue weighted by Gasteiger charge is 1.99. The molecule has 0 saturated carbocycles. The van der Waals surface area contributed by atoms with E-state index in [1.807, 2.05) is 12.4 Å². The Balaban J connectivity index is 2.30. The van der Waals surface area contributed by atoms with E-state index < -0.39 is 0 Å². The second kappa shape index (κ2) is 5.73. The van der Waals surface area contributed by atoms with Gasteiger partial charge in [0.05, 0.1) is 0 Å². The Kier molecular flexibility index (Phi) is 4.56. The molecule has 1 heterocycles. The molecule has 0 spiro atoms. The van der Waals surface area contributed by atoms with Crippen molar-refractivity contribution in [1.29, 1.82) is 0 Å². The summed E-state index contributed by atoms with van der Waals surface area (Å²) in [5.74, 6) is 0. The number of hydrogen-bond donors (Lipinski definition) is 0. The van der Waals surface area contributed by atoms with Crippen molar-refractivity contribution in [2.75, 3.05) is 34.2 Å². The van der Waals surface area contributed by atoms with Gasteiger partial charge in [-0.1, -0.05) is 0 Å². The van der Waals surface area contributed by atoms with Crippen LogP contribution in [0.2, 0.25) is 0 Å². The van der Waals surface area contributed by atoms with Gasteiger partial charge in [-0.3, -0.25) is 4.98 Å². The van der Waals surface area contributed by atoms with Gasteiger partial charge in [-0.25, -0.2) is 0 Å². The molecule has 0 fully saturated rings. The fourth-order valence-corrected chi connectivity index (χ4v) is 1.25. The number of rotatable bonds is 5. The van der Waals surface area contributed by atoms with E-state index in [1.54, 1.807) is 0 Å². The Bertz CT molecular complexity index is 246. The van der Waals surface area contributed by atoms with Crippen molar-refractivity contribution in [1.82, 2.24) is 14.8 Å². The largest absolute Gasteiger partial charge is 0.308 e. The molecule has 0 N–H and O–H groups in total. The zero-order valence-corrected chi connectivity index (χ0v) is 9.27. The van der Waals surface area contributed by atoms with Crippen molar-refractivity contribution in [3.05, 3.63) is 30.1 Å². The zero-order valence-electron chi connectivity index (χ0n) is 9.27. The molecule has 0 saturated heterocycles. The average molecular weight is 193 g/mol. The first-order chi connectivity index (χ1) is 6.68. The molecule has 0 aliphatic carbocycles. The molecular formula is C11H19N3. The fraction of sp³-hybridized carbons (Fsp3) is 0.545. The summed E-state index contributed by atoms with van der Waals surface area (Å²) in [5, 5.41) is 0. The summed E-state index contributed by atoms with van der Waals surface area (Å²) in [5.41, 5.74) is 1.32. The van der Waals surface area contributed by atoms with Crippen LogP contribution in [-0.4, -0.2) is 49.0 Å². The van der Waals surface area contributed by atoms with Crippen molar-refractivity contribution in [2.45, 2.75) is 6.54 Å². The summed E-state index contributed by atoms with van der Waals surface area (Å²) >= 11 is 0. The first-order valence-corrected chi connectivity index (χ1v) is 4.90. The Morgan fingerprint density at radius 1 is 1.07 bits per heavy atom. The minimum absolute atomic E-state index is 0.996. The predicted octanol–water partition coefficient (Wildman–Crippen LogP) is 1.07. The normalized spacial score (nSPS) is 11.2. The number of nitrogens with zero attached hydrogens (tertiary/aromatic N) is 3. The van der Waals surface area contributed by atoms with Gasteiger partial charge in [-0.05, 0) is 38.8 Å². The minimum Gasteiger partial charge on any atom is -0.308 e. The van der Waals surface area contributed by atoms with Crippen LogP contribution in [0.3, 0.4) is 0 Å². The van der Waals surface area contributed by atoms with Crippen molar-refractivity contribution in [2.24, 2.45) is 0 Å². The third-order valence-corrected chi connectivity index (χ3v) is 2.13. The highest BCUT2D eigenvalue weighted by atomic mass is 15.1. The van der Waals surface area contributed by atoms with E-state index in [2.05, 4.69) is 48.1 Å². The van der Waals surface area contributed by atoms with E-state index in [4.69, 9.17) is 0 Å². The molecule has 0 bridgehead atoms. The van der Waals surface area contributed by atoms with E-state index in [9.17, 15) is 0 Å². The topological polar surface area (TPSA) is 19.4 Å². The second-order valence-corrected chi connectivity index (χ2v) is 3.90. The van der Waals surface area contributed by atoms with Gasteiger partial charge in [-0.15, -0.1) is 0 Å². The summed E-state index contributed by atoms with van der Waals surface area (Å²) in [7, 11) is 6.34. The van der Waals surface area contributed by atoms with Crippen LogP contribution in [0.25, 0.3) is 0 Å². The van der Waals surface area contributed by atoms with Gasteiger partial charge < -0.3 is 9.80 Å². The second-order valence-electron chi connectivity index (χ2n) is 3.90. The molecule has 0 radical (unpaired) electrons.